The van der Waals surface area contributed by atoms with Crippen LogP contribution in [0.4, 0.5) is 11.4 Å². The summed E-state index contributed by atoms with van der Waals surface area (Å²) < 4.78 is 5.72. The van der Waals surface area contributed by atoms with Crippen molar-refractivity contribution in [1.82, 2.24) is 5.16 Å². The molecule has 7 rings (SSSR count). The van der Waals surface area contributed by atoms with Gasteiger partial charge in [-0.2, -0.15) is 0 Å². The highest BCUT2D eigenvalue weighted by molar-refractivity contribution is 6.35. The van der Waals surface area contributed by atoms with Gasteiger partial charge in [0.15, 0.2) is 22.9 Å². The molecule has 2 aliphatic heterocycles. The molecule has 0 bridgehead atoms. The highest BCUT2D eigenvalue weighted by Gasteiger charge is 2.63. The first kappa shape index (κ1) is 24.6. The lowest BCUT2D eigenvalue weighted by molar-refractivity contribution is -0.119. The van der Waals surface area contributed by atoms with Gasteiger partial charge in [-0.25, -0.2) is 0 Å². The summed E-state index contributed by atoms with van der Waals surface area (Å²) in [4.78, 5) is 43.8. The van der Waals surface area contributed by atoms with Crippen molar-refractivity contribution >= 4 is 64.2 Å². The third-order valence-corrected chi connectivity index (χ3v) is 8.26. The number of fused-ring (bicyclic) bond motifs is 4. The molecule has 3 aromatic carbocycles. The lowest BCUT2D eigenvalue weighted by atomic mass is 9.74. The van der Waals surface area contributed by atoms with Crippen LogP contribution in [-0.2, 0) is 10.3 Å². The van der Waals surface area contributed by atoms with Gasteiger partial charge in [-0.05, 0) is 42.8 Å². The fourth-order valence-corrected chi connectivity index (χ4v) is 6.47. The van der Waals surface area contributed by atoms with Crippen molar-refractivity contribution in [3.05, 3.63) is 122 Å². The minimum absolute atomic E-state index is 0.0145. The van der Waals surface area contributed by atoms with Crippen molar-refractivity contribution in [1.29, 1.82) is 0 Å². The minimum Gasteiger partial charge on any atom is -0.354 e. The Balaban J connectivity index is 1.45. The number of anilines is 2. The topological polar surface area (TPSA) is 92.5 Å². The van der Waals surface area contributed by atoms with Crippen molar-refractivity contribution < 1.29 is 18.9 Å². The molecule has 0 fully saturated rings. The van der Waals surface area contributed by atoms with Gasteiger partial charge >= 0.3 is 0 Å². The molecule has 1 spiro atoms. The monoisotopic (exact) mass is 567 g/mol. The average Bonchev–Trinajstić information content (AvgIpc) is 3.59. The molecule has 9 heteroatoms. The number of Topliss-reactive ketones (excluding diaryl/α,β-unsaturated/α-hetero) is 2. The molecular weight excluding hydrogens is 549 g/mol. The second-order valence-electron chi connectivity index (χ2n) is 9.83. The second kappa shape index (κ2) is 8.78. The molecule has 1 N–H and O–H groups in total. The maximum atomic E-state index is 14.1. The van der Waals surface area contributed by atoms with Crippen molar-refractivity contribution in [3.63, 3.8) is 0 Å². The zero-order valence-corrected chi connectivity index (χ0v) is 22.5. The second-order valence-corrected chi connectivity index (χ2v) is 10.7. The van der Waals surface area contributed by atoms with Crippen LogP contribution in [0.15, 0.2) is 82.4 Å². The van der Waals surface area contributed by atoms with Gasteiger partial charge in [0.1, 0.15) is 11.4 Å². The van der Waals surface area contributed by atoms with Crippen molar-refractivity contribution in [3.8, 4) is 0 Å². The van der Waals surface area contributed by atoms with Crippen LogP contribution in [0.5, 0.6) is 0 Å². The van der Waals surface area contributed by atoms with E-state index < -0.39 is 11.4 Å². The van der Waals surface area contributed by atoms with Crippen molar-refractivity contribution in [2.75, 3.05) is 16.8 Å². The smallest absolute Gasteiger partial charge is 0.259 e. The predicted molar refractivity (Wildman–Crippen MR) is 153 cm³/mol. The van der Waals surface area contributed by atoms with E-state index >= 15 is 0 Å². The zero-order valence-electron chi connectivity index (χ0n) is 21.0. The Bertz CT molecular complexity index is 1870. The quantitative estimate of drug-likeness (QED) is 0.303. The van der Waals surface area contributed by atoms with Crippen LogP contribution in [0.3, 0.4) is 0 Å². The van der Waals surface area contributed by atoms with Crippen LogP contribution < -0.4 is 10.2 Å². The molecule has 1 aromatic heterocycles. The standard InChI is InChI=1S/C31H19Cl2N3O4/c1-16-27(25(40-35-16)13-11-17-10-12-18(32)14-23(17)33)36-15-21-26(29(38)20-7-3-2-6-19(20)28(21)37)31(36)22-8-4-5-9-24(22)34-30(31)39/h2-14H,15H2,1H3,(H,34,39)/b13-11+. The number of rotatable bonds is 3. The van der Waals surface area contributed by atoms with E-state index in [1.807, 2.05) is 12.1 Å². The Morgan fingerprint density at radius 2 is 1.68 bits per heavy atom. The number of carbonyl (C=O) groups excluding carboxylic acids is 3. The molecule has 7 nitrogen and oxygen atoms in total. The Morgan fingerprint density at radius 3 is 2.45 bits per heavy atom. The number of aryl methyl sites for hydroxylation is 1. The number of nitrogens with one attached hydrogen (secondary N) is 1. The van der Waals surface area contributed by atoms with Crippen LogP contribution in [0, 0.1) is 6.92 Å². The molecule has 1 atom stereocenters. The van der Waals surface area contributed by atoms with Crippen LogP contribution in [0.25, 0.3) is 12.2 Å². The molecular formula is C31H19Cl2N3O4. The van der Waals surface area contributed by atoms with E-state index in [9.17, 15) is 14.4 Å². The molecule has 4 aromatic rings. The van der Waals surface area contributed by atoms with E-state index in [1.165, 1.54) is 0 Å². The molecule has 3 aliphatic rings. The van der Waals surface area contributed by atoms with Gasteiger partial charge in [-0.3, -0.25) is 14.4 Å². The molecule has 1 amide bonds. The number of benzene rings is 3. The average molecular weight is 568 g/mol. The van der Waals surface area contributed by atoms with Gasteiger partial charge < -0.3 is 14.7 Å². The summed E-state index contributed by atoms with van der Waals surface area (Å²) in [5.41, 5.74) is 2.31. The molecule has 196 valence electrons. The van der Waals surface area contributed by atoms with Gasteiger partial charge in [0, 0.05) is 50.1 Å². The highest BCUT2D eigenvalue weighted by atomic mass is 35.5. The SMILES string of the molecule is Cc1noc(/C=C/c2ccc(Cl)cc2Cl)c1N1CC2=C(C(=O)c3ccccc3C2=O)C12C(=O)Nc1ccccc12. The summed E-state index contributed by atoms with van der Waals surface area (Å²) in [6.07, 6.45) is 3.46. The van der Waals surface area contributed by atoms with Gasteiger partial charge in [-0.15, -0.1) is 0 Å². The third kappa shape index (κ3) is 3.25. The summed E-state index contributed by atoms with van der Waals surface area (Å²) in [6.45, 7) is 1.77. The normalized spacial score (nSPS) is 19.5. The minimum atomic E-state index is -1.59. The largest absolute Gasteiger partial charge is 0.354 e. The first-order valence-corrected chi connectivity index (χ1v) is 13.3. The number of halogens is 2. The van der Waals surface area contributed by atoms with Gasteiger partial charge in [-0.1, -0.05) is 76.9 Å². The van der Waals surface area contributed by atoms with Crippen LogP contribution in [0.1, 0.15) is 43.3 Å². The van der Waals surface area contributed by atoms with E-state index in [1.54, 1.807) is 78.6 Å². The Hall–Kier alpha value is -4.46. The van der Waals surface area contributed by atoms with E-state index in [-0.39, 0.29) is 34.8 Å². The number of ketones is 2. The zero-order chi connectivity index (χ0) is 27.8. The first-order chi connectivity index (χ1) is 19.3. The van der Waals surface area contributed by atoms with E-state index in [0.717, 1.165) is 0 Å². The van der Waals surface area contributed by atoms with Crippen LogP contribution in [0.2, 0.25) is 10.0 Å². The third-order valence-electron chi connectivity index (χ3n) is 7.70. The highest BCUT2D eigenvalue weighted by Crippen LogP contribution is 2.55. The Morgan fingerprint density at radius 1 is 0.950 bits per heavy atom. The van der Waals surface area contributed by atoms with Gasteiger partial charge in [0.2, 0.25) is 0 Å². The number of aromatic nitrogens is 1. The van der Waals surface area contributed by atoms with Gasteiger partial charge in [0.25, 0.3) is 5.91 Å². The number of carbonyl (C=O) groups is 3. The molecule has 1 unspecified atom stereocenters. The number of nitrogens with zero attached hydrogens (tertiary/aromatic N) is 2. The summed E-state index contributed by atoms with van der Waals surface area (Å²) in [7, 11) is 0. The molecule has 0 radical (unpaired) electrons. The van der Waals surface area contributed by atoms with Crippen LogP contribution in [-0.4, -0.2) is 29.2 Å². The lowest BCUT2D eigenvalue weighted by Gasteiger charge is -2.37. The molecule has 0 saturated heterocycles. The lowest BCUT2D eigenvalue weighted by Crippen LogP contribution is -2.51. The van der Waals surface area contributed by atoms with Crippen molar-refractivity contribution in [2.24, 2.45) is 0 Å². The van der Waals surface area contributed by atoms with E-state index in [2.05, 4.69) is 10.5 Å². The summed E-state index contributed by atoms with van der Waals surface area (Å²) in [6, 6.07) is 19.1. The summed E-state index contributed by atoms with van der Waals surface area (Å²) >= 11 is 12.4. The number of hydrogen-bond donors (Lipinski definition) is 1. The first-order valence-electron chi connectivity index (χ1n) is 12.5. The molecule has 0 saturated carbocycles. The maximum absolute atomic E-state index is 14.1. The Labute approximate surface area is 238 Å². The number of para-hydroxylation sites is 1. The fraction of sp³-hybridized carbons (Fsp3) is 0.0968. The van der Waals surface area contributed by atoms with E-state index in [4.69, 9.17) is 27.7 Å². The molecule has 40 heavy (non-hydrogen) atoms. The predicted octanol–water partition coefficient (Wildman–Crippen LogP) is 6.50. The molecule has 1 aliphatic carbocycles. The van der Waals surface area contributed by atoms with Crippen LogP contribution >= 0.6 is 23.2 Å². The summed E-state index contributed by atoms with van der Waals surface area (Å²) in [5.74, 6) is -0.699. The van der Waals surface area contributed by atoms with Crippen molar-refractivity contribution in [2.45, 2.75) is 12.5 Å². The van der Waals surface area contributed by atoms with Gasteiger partial charge in [0.05, 0.1) is 0 Å². The Kier molecular flexibility index (Phi) is 5.39. The maximum Gasteiger partial charge on any atom is 0.259 e. The van der Waals surface area contributed by atoms with E-state index in [0.29, 0.717) is 49.6 Å². The fourth-order valence-electron chi connectivity index (χ4n) is 6.00. The summed E-state index contributed by atoms with van der Waals surface area (Å²) in [5, 5.41) is 8.11. The number of hydrogen-bond acceptors (Lipinski definition) is 6. The number of amides is 1. The molecule has 3 heterocycles.